The van der Waals surface area contributed by atoms with E-state index in [1.54, 1.807) is 12.3 Å². The van der Waals surface area contributed by atoms with Crippen LogP contribution < -0.4 is 10.6 Å². The van der Waals surface area contributed by atoms with Crippen LogP contribution in [0.25, 0.3) is 11.3 Å². The second kappa shape index (κ2) is 6.09. The van der Waals surface area contributed by atoms with Gasteiger partial charge in [-0.1, -0.05) is 0 Å². The van der Waals surface area contributed by atoms with Crippen molar-refractivity contribution in [3.63, 3.8) is 0 Å². The third-order valence-corrected chi connectivity index (χ3v) is 4.66. The molecule has 7 heteroatoms. The fraction of sp³-hybridized carbons (Fsp3) is 0.176. The SMILES string of the molecule is O=C1CCc2cc(-c3csc(NCc4ccco4)n3)c(F)cc2N1. The quantitative estimate of drug-likeness (QED) is 0.750. The van der Waals surface area contributed by atoms with Gasteiger partial charge in [-0.2, -0.15) is 0 Å². The van der Waals surface area contributed by atoms with Crippen molar-refractivity contribution >= 4 is 28.1 Å². The van der Waals surface area contributed by atoms with Crippen LogP contribution in [0.1, 0.15) is 17.7 Å². The van der Waals surface area contributed by atoms with Crippen molar-refractivity contribution in [3.8, 4) is 11.3 Å². The Morgan fingerprint density at radius 3 is 3.12 bits per heavy atom. The van der Waals surface area contributed by atoms with E-state index in [9.17, 15) is 9.18 Å². The van der Waals surface area contributed by atoms with Gasteiger partial charge in [-0.05, 0) is 36.2 Å². The largest absolute Gasteiger partial charge is 0.467 e. The molecule has 0 spiro atoms. The maximum atomic E-state index is 14.4. The lowest BCUT2D eigenvalue weighted by molar-refractivity contribution is -0.116. The molecular formula is C17H14FN3O2S. The Bertz CT molecular complexity index is 889. The van der Waals surface area contributed by atoms with Crippen molar-refractivity contribution in [1.82, 2.24) is 4.98 Å². The van der Waals surface area contributed by atoms with Crippen molar-refractivity contribution in [2.75, 3.05) is 10.6 Å². The van der Waals surface area contributed by atoms with Gasteiger partial charge in [0, 0.05) is 23.1 Å². The number of furan rings is 1. The van der Waals surface area contributed by atoms with Gasteiger partial charge < -0.3 is 15.1 Å². The number of nitrogens with one attached hydrogen (secondary N) is 2. The number of halogens is 1. The van der Waals surface area contributed by atoms with Gasteiger partial charge in [-0.15, -0.1) is 11.3 Å². The molecule has 3 heterocycles. The molecule has 0 bridgehead atoms. The minimum atomic E-state index is -0.390. The Hall–Kier alpha value is -2.67. The molecule has 2 aromatic heterocycles. The Balaban J connectivity index is 1.57. The van der Waals surface area contributed by atoms with Gasteiger partial charge in [0.1, 0.15) is 11.6 Å². The second-order valence-electron chi connectivity index (χ2n) is 5.51. The molecule has 0 aliphatic carbocycles. The first kappa shape index (κ1) is 14.9. The molecule has 1 aliphatic heterocycles. The summed E-state index contributed by atoms with van der Waals surface area (Å²) < 4.78 is 19.6. The number of aryl methyl sites for hydroxylation is 1. The first-order valence-electron chi connectivity index (χ1n) is 7.53. The molecule has 1 aliphatic rings. The van der Waals surface area contributed by atoms with E-state index in [2.05, 4.69) is 15.6 Å². The lowest BCUT2D eigenvalue weighted by Crippen LogP contribution is -2.19. The predicted octanol–water partition coefficient (Wildman–Crippen LogP) is 4.04. The van der Waals surface area contributed by atoms with Crippen molar-refractivity contribution in [2.24, 2.45) is 0 Å². The number of carbonyl (C=O) groups is 1. The van der Waals surface area contributed by atoms with Gasteiger partial charge in [0.15, 0.2) is 5.13 Å². The maximum Gasteiger partial charge on any atom is 0.224 e. The van der Waals surface area contributed by atoms with Gasteiger partial charge in [0.2, 0.25) is 5.91 Å². The first-order chi connectivity index (χ1) is 11.7. The molecule has 0 fully saturated rings. The van der Waals surface area contributed by atoms with Gasteiger partial charge in [0.05, 0.1) is 18.5 Å². The molecule has 5 nitrogen and oxygen atoms in total. The van der Waals surface area contributed by atoms with E-state index in [-0.39, 0.29) is 11.7 Å². The summed E-state index contributed by atoms with van der Waals surface area (Å²) in [4.78, 5) is 15.8. The Morgan fingerprint density at radius 1 is 1.38 bits per heavy atom. The second-order valence-corrected chi connectivity index (χ2v) is 6.37. The van der Waals surface area contributed by atoms with E-state index >= 15 is 0 Å². The number of anilines is 2. The average molecular weight is 343 g/mol. The van der Waals surface area contributed by atoms with Crippen LogP contribution in [-0.4, -0.2) is 10.9 Å². The Morgan fingerprint density at radius 2 is 2.29 bits per heavy atom. The number of aromatic nitrogens is 1. The number of hydrogen-bond acceptors (Lipinski definition) is 5. The normalized spacial score (nSPS) is 13.5. The zero-order valence-electron chi connectivity index (χ0n) is 12.6. The minimum Gasteiger partial charge on any atom is -0.467 e. The smallest absolute Gasteiger partial charge is 0.224 e. The van der Waals surface area contributed by atoms with Crippen LogP contribution in [0.5, 0.6) is 0 Å². The van der Waals surface area contributed by atoms with Crippen LogP contribution in [0.15, 0.2) is 40.3 Å². The fourth-order valence-corrected chi connectivity index (χ4v) is 3.36. The summed E-state index contributed by atoms with van der Waals surface area (Å²) in [6, 6.07) is 6.84. The first-order valence-corrected chi connectivity index (χ1v) is 8.41. The molecule has 4 rings (SSSR count). The number of thiazole rings is 1. The predicted molar refractivity (Wildman–Crippen MR) is 90.5 cm³/mol. The molecule has 24 heavy (non-hydrogen) atoms. The third-order valence-electron chi connectivity index (χ3n) is 3.86. The number of benzene rings is 1. The molecule has 3 aromatic rings. The van der Waals surface area contributed by atoms with E-state index in [1.165, 1.54) is 17.4 Å². The van der Waals surface area contributed by atoms with Gasteiger partial charge >= 0.3 is 0 Å². The molecule has 0 atom stereocenters. The summed E-state index contributed by atoms with van der Waals surface area (Å²) in [6.07, 6.45) is 2.65. The molecule has 0 saturated carbocycles. The van der Waals surface area contributed by atoms with Crippen LogP contribution in [-0.2, 0) is 17.8 Å². The Kier molecular flexibility index (Phi) is 3.78. The molecule has 0 unspecified atom stereocenters. The lowest BCUT2D eigenvalue weighted by Gasteiger charge is -2.17. The van der Waals surface area contributed by atoms with Crippen LogP contribution in [0.2, 0.25) is 0 Å². The highest BCUT2D eigenvalue weighted by atomic mass is 32.1. The minimum absolute atomic E-state index is 0.0762. The lowest BCUT2D eigenvalue weighted by atomic mass is 9.99. The van der Waals surface area contributed by atoms with E-state index < -0.39 is 0 Å². The summed E-state index contributed by atoms with van der Waals surface area (Å²) in [5.41, 5.74) is 2.52. The standard InChI is InChI=1S/C17H14FN3O2S/c18-13-7-14-10(3-4-16(22)20-14)6-12(13)15-9-24-17(21-15)19-8-11-2-1-5-23-11/h1-2,5-7,9H,3-4,8H2,(H,19,21)(H,20,22). The van der Waals surface area contributed by atoms with Gasteiger partial charge in [-0.3, -0.25) is 4.79 Å². The summed E-state index contributed by atoms with van der Waals surface area (Å²) in [6.45, 7) is 0.526. The number of fused-ring (bicyclic) bond motifs is 1. The van der Waals surface area contributed by atoms with Crippen LogP contribution in [0, 0.1) is 5.82 Å². The highest BCUT2D eigenvalue weighted by Gasteiger charge is 2.19. The van der Waals surface area contributed by atoms with Gasteiger partial charge in [-0.25, -0.2) is 9.37 Å². The zero-order valence-corrected chi connectivity index (χ0v) is 13.5. The van der Waals surface area contributed by atoms with E-state index in [4.69, 9.17) is 4.42 Å². The highest BCUT2D eigenvalue weighted by Crippen LogP contribution is 2.33. The molecule has 122 valence electrons. The molecule has 0 saturated heterocycles. The zero-order chi connectivity index (χ0) is 16.5. The number of amides is 1. The average Bonchev–Trinajstić information content (AvgIpc) is 3.24. The van der Waals surface area contributed by atoms with Crippen molar-refractivity contribution in [1.29, 1.82) is 0 Å². The topological polar surface area (TPSA) is 67.2 Å². The molecule has 1 amide bonds. The molecular weight excluding hydrogens is 329 g/mol. The molecule has 2 N–H and O–H groups in total. The van der Waals surface area contributed by atoms with E-state index in [0.29, 0.717) is 41.5 Å². The van der Waals surface area contributed by atoms with Gasteiger partial charge in [0.25, 0.3) is 0 Å². The summed E-state index contributed by atoms with van der Waals surface area (Å²) in [5.74, 6) is 0.342. The monoisotopic (exact) mass is 343 g/mol. The van der Waals surface area contributed by atoms with Crippen LogP contribution in [0.4, 0.5) is 15.2 Å². The van der Waals surface area contributed by atoms with Crippen molar-refractivity contribution < 1.29 is 13.6 Å². The van der Waals surface area contributed by atoms with Crippen LogP contribution in [0.3, 0.4) is 0 Å². The van der Waals surface area contributed by atoms with E-state index in [1.807, 2.05) is 17.5 Å². The van der Waals surface area contributed by atoms with Crippen molar-refractivity contribution in [3.05, 3.63) is 53.0 Å². The van der Waals surface area contributed by atoms with Crippen LogP contribution >= 0.6 is 11.3 Å². The molecule has 1 aromatic carbocycles. The third kappa shape index (κ3) is 2.90. The maximum absolute atomic E-state index is 14.4. The number of hydrogen-bond donors (Lipinski definition) is 2. The molecule has 0 radical (unpaired) electrons. The summed E-state index contributed by atoms with van der Waals surface area (Å²) >= 11 is 1.41. The number of rotatable bonds is 4. The number of nitrogens with zero attached hydrogens (tertiary/aromatic N) is 1. The van der Waals surface area contributed by atoms with E-state index in [0.717, 1.165) is 11.3 Å². The highest BCUT2D eigenvalue weighted by molar-refractivity contribution is 7.14. The summed E-state index contributed by atoms with van der Waals surface area (Å²) in [7, 11) is 0. The number of carbonyl (C=O) groups excluding carboxylic acids is 1. The fourth-order valence-electron chi connectivity index (χ4n) is 2.65. The van der Waals surface area contributed by atoms with Crippen molar-refractivity contribution in [2.45, 2.75) is 19.4 Å². The Labute approximate surface area is 141 Å². The summed E-state index contributed by atoms with van der Waals surface area (Å²) in [5, 5.41) is 8.38.